The van der Waals surface area contributed by atoms with Gasteiger partial charge in [0.25, 0.3) is 0 Å². The number of hydrogen-bond acceptors (Lipinski definition) is 2. The number of ether oxygens (including phenoxy) is 1. The molecule has 0 heterocycles. The number of aryl methyl sites for hydroxylation is 1. The van der Waals surface area contributed by atoms with Crippen molar-refractivity contribution in [2.45, 2.75) is 40.7 Å². The van der Waals surface area contributed by atoms with E-state index in [1.807, 2.05) is 6.07 Å². The molecular formula is C15H25NO. The highest BCUT2D eigenvalue weighted by Crippen LogP contribution is 2.21. The van der Waals surface area contributed by atoms with Gasteiger partial charge < -0.3 is 10.1 Å². The lowest BCUT2D eigenvalue weighted by Gasteiger charge is -2.23. The van der Waals surface area contributed by atoms with Crippen molar-refractivity contribution in [2.75, 3.05) is 13.7 Å². The molecule has 0 amide bonds. The summed E-state index contributed by atoms with van der Waals surface area (Å²) < 4.78 is 5.37. The SMILES string of the molecule is CCC(C)(C)CNCc1cc(C)ccc1OC. The summed E-state index contributed by atoms with van der Waals surface area (Å²) in [6, 6.07) is 6.31. The predicted octanol–water partition coefficient (Wildman–Crippen LogP) is 3.53. The lowest BCUT2D eigenvalue weighted by molar-refractivity contribution is 0.326. The van der Waals surface area contributed by atoms with Crippen LogP contribution in [0, 0.1) is 12.3 Å². The predicted molar refractivity (Wildman–Crippen MR) is 73.5 cm³/mol. The van der Waals surface area contributed by atoms with E-state index in [-0.39, 0.29) is 0 Å². The minimum atomic E-state index is 0.358. The van der Waals surface area contributed by atoms with Crippen LogP contribution in [0.4, 0.5) is 0 Å². The molecule has 0 radical (unpaired) electrons. The van der Waals surface area contributed by atoms with Gasteiger partial charge in [0.1, 0.15) is 5.75 Å². The van der Waals surface area contributed by atoms with Gasteiger partial charge in [-0.05, 0) is 24.8 Å². The first kappa shape index (κ1) is 14.0. The minimum Gasteiger partial charge on any atom is -0.496 e. The molecule has 1 rings (SSSR count). The molecule has 0 aliphatic heterocycles. The lowest BCUT2D eigenvalue weighted by Crippen LogP contribution is -2.28. The smallest absolute Gasteiger partial charge is 0.123 e. The van der Waals surface area contributed by atoms with E-state index in [1.54, 1.807) is 7.11 Å². The van der Waals surface area contributed by atoms with Gasteiger partial charge in [-0.15, -0.1) is 0 Å². The Kier molecular flexibility index (Phi) is 5.01. The summed E-state index contributed by atoms with van der Waals surface area (Å²) in [7, 11) is 1.73. The molecule has 0 spiro atoms. The van der Waals surface area contributed by atoms with E-state index in [0.717, 1.165) is 18.8 Å². The lowest BCUT2D eigenvalue weighted by atomic mass is 9.90. The second-order valence-electron chi connectivity index (χ2n) is 5.44. The molecule has 1 aromatic rings. The topological polar surface area (TPSA) is 21.3 Å². The summed E-state index contributed by atoms with van der Waals surface area (Å²) in [6.07, 6.45) is 1.19. The summed E-state index contributed by atoms with van der Waals surface area (Å²) in [5.41, 5.74) is 2.87. The third-order valence-corrected chi connectivity index (χ3v) is 3.31. The second-order valence-corrected chi connectivity index (χ2v) is 5.44. The summed E-state index contributed by atoms with van der Waals surface area (Å²) in [4.78, 5) is 0. The van der Waals surface area contributed by atoms with Crippen molar-refractivity contribution in [1.82, 2.24) is 5.32 Å². The van der Waals surface area contributed by atoms with Crippen molar-refractivity contribution in [1.29, 1.82) is 0 Å². The van der Waals surface area contributed by atoms with E-state index in [4.69, 9.17) is 4.74 Å². The maximum absolute atomic E-state index is 5.37. The van der Waals surface area contributed by atoms with Crippen molar-refractivity contribution in [3.63, 3.8) is 0 Å². The van der Waals surface area contributed by atoms with Gasteiger partial charge in [-0.2, -0.15) is 0 Å². The normalized spacial score (nSPS) is 11.6. The Morgan fingerprint density at radius 2 is 2.00 bits per heavy atom. The zero-order valence-electron chi connectivity index (χ0n) is 11.8. The summed E-state index contributed by atoms with van der Waals surface area (Å²) in [5.74, 6) is 0.970. The molecule has 2 heteroatoms. The van der Waals surface area contributed by atoms with Crippen molar-refractivity contribution in [3.05, 3.63) is 29.3 Å². The molecule has 17 heavy (non-hydrogen) atoms. The first-order valence-corrected chi connectivity index (χ1v) is 6.33. The standard InChI is InChI=1S/C15H25NO/c1-6-15(3,4)11-16-10-13-9-12(2)7-8-14(13)17-5/h7-9,16H,6,10-11H2,1-5H3. The maximum Gasteiger partial charge on any atom is 0.123 e. The molecule has 1 N–H and O–H groups in total. The van der Waals surface area contributed by atoms with E-state index >= 15 is 0 Å². The highest BCUT2D eigenvalue weighted by molar-refractivity contribution is 5.36. The van der Waals surface area contributed by atoms with Crippen molar-refractivity contribution in [2.24, 2.45) is 5.41 Å². The van der Waals surface area contributed by atoms with Crippen LogP contribution in [0.1, 0.15) is 38.3 Å². The highest BCUT2D eigenvalue weighted by Gasteiger charge is 2.14. The fraction of sp³-hybridized carbons (Fsp3) is 0.600. The monoisotopic (exact) mass is 235 g/mol. The zero-order chi connectivity index (χ0) is 12.9. The van der Waals surface area contributed by atoms with Gasteiger partial charge in [0.2, 0.25) is 0 Å². The Labute approximate surface area is 105 Å². The number of hydrogen-bond donors (Lipinski definition) is 1. The summed E-state index contributed by atoms with van der Waals surface area (Å²) >= 11 is 0. The molecule has 0 fully saturated rings. The van der Waals surface area contributed by atoms with Crippen LogP contribution in [0.3, 0.4) is 0 Å². The average molecular weight is 235 g/mol. The zero-order valence-corrected chi connectivity index (χ0v) is 11.8. The number of rotatable bonds is 6. The van der Waals surface area contributed by atoms with Crippen LogP contribution in [0.15, 0.2) is 18.2 Å². The third-order valence-electron chi connectivity index (χ3n) is 3.31. The van der Waals surface area contributed by atoms with E-state index in [0.29, 0.717) is 5.41 Å². The first-order chi connectivity index (χ1) is 7.98. The number of benzene rings is 1. The molecule has 0 unspecified atom stereocenters. The van der Waals surface area contributed by atoms with E-state index in [2.05, 4.69) is 45.1 Å². The number of methoxy groups -OCH3 is 1. The van der Waals surface area contributed by atoms with Crippen molar-refractivity contribution in [3.8, 4) is 5.75 Å². The van der Waals surface area contributed by atoms with Crippen LogP contribution in [0.25, 0.3) is 0 Å². The van der Waals surface area contributed by atoms with Crippen molar-refractivity contribution < 1.29 is 4.74 Å². The van der Waals surface area contributed by atoms with Crippen LogP contribution in [-0.4, -0.2) is 13.7 Å². The maximum atomic E-state index is 5.37. The largest absolute Gasteiger partial charge is 0.496 e. The molecule has 0 aromatic heterocycles. The molecule has 0 aliphatic rings. The van der Waals surface area contributed by atoms with Gasteiger partial charge in [0, 0.05) is 18.7 Å². The van der Waals surface area contributed by atoms with Crippen LogP contribution in [-0.2, 0) is 6.54 Å². The summed E-state index contributed by atoms with van der Waals surface area (Å²) in [5, 5.41) is 3.51. The Balaban J connectivity index is 2.59. The van der Waals surface area contributed by atoms with Gasteiger partial charge in [0.15, 0.2) is 0 Å². The Morgan fingerprint density at radius 1 is 1.29 bits per heavy atom. The minimum absolute atomic E-state index is 0.358. The van der Waals surface area contributed by atoms with E-state index < -0.39 is 0 Å². The molecule has 0 saturated carbocycles. The van der Waals surface area contributed by atoms with Crippen LogP contribution in [0.2, 0.25) is 0 Å². The van der Waals surface area contributed by atoms with Gasteiger partial charge in [-0.3, -0.25) is 0 Å². The van der Waals surface area contributed by atoms with Crippen molar-refractivity contribution >= 4 is 0 Å². The number of nitrogens with one attached hydrogen (secondary N) is 1. The Hall–Kier alpha value is -1.02. The van der Waals surface area contributed by atoms with Crippen LogP contribution >= 0.6 is 0 Å². The molecule has 0 saturated heterocycles. The van der Waals surface area contributed by atoms with Gasteiger partial charge in [-0.25, -0.2) is 0 Å². The molecular weight excluding hydrogens is 210 g/mol. The van der Waals surface area contributed by atoms with Crippen LogP contribution < -0.4 is 10.1 Å². The quantitative estimate of drug-likeness (QED) is 0.814. The Bertz CT molecular complexity index is 358. The van der Waals surface area contributed by atoms with E-state index in [1.165, 1.54) is 17.5 Å². The first-order valence-electron chi connectivity index (χ1n) is 6.33. The van der Waals surface area contributed by atoms with Gasteiger partial charge >= 0.3 is 0 Å². The van der Waals surface area contributed by atoms with Gasteiger partial charge in [-0.1, -0.05) is 38.5 Å². The molecule has 0 aliphatic carbocycles. The second kappa shape index (κ2) is 6.06. The molecule has 2 nitrogen and oxygen atoms in total. The fourth-order valence-corrected chi connectivity index (χ4v) is 1.71. The van der Waals surface area contributed by atoms with E-state index in [9.17, 15) is 0 Å². The molecule has 96 valence electrons. The molecule has 0 bridgehead atoms. The van der Waals surface area contributed by atoms with Gasteiger partial charge in [0.05, 0.1) is 7.11 Å². The molecule has 1 aromatic carbocycles. The van der Waals surface area contributed by atoms with Crippen LogP contribution in [0.5, 0.6) is 5.75 Å². The average Bonchev–Trinajstić information content (AvgIpc) is 2.29. The Morgan fingerprint density at radius 3 is 2.59 bits per heavy atom. The third kappa shape index (κ3) is 4.39. The molecule has 0 atom stereocenters. The summed E-state index contributed by atoms with van der Waals surface area (Å²) in [6.45, 7) is 10.8. The fourth-order valence-electron chi connectivity index (χ4n) is 1.71. The highest BCUT2D eigenvalue weighted by atomic mass is 16.5.